The Morgan fingerprint density at radius 1 is 1.42 bits per heavy atom. The molecule has 1 aliphatic heterocycles. The molecule has 24 heavy (non-hydrogen) atoms. The lowest BCUT2D eigenvalue weighted by atomic mass is 9.89. The molecule has 1 saturated heterocycles. The number of rotatable bonds is 5. The number of hydrogen-bond acceptors (Lipinski definition) is 3. The summed E-state index contributed by atoms with van der Waals surface area (Å²) >= 11 is 1.40. The number of benzene rings is 1. The predicted octanol–water partition coefficient (Wildman–Crippen LogP) is 3.69. The van der Waals surface area contributed by atoms with E-state index < -0.39 is 0 Å². The van der Waals surface area contributed by atoms with Crippen LogP contribution in [0.25, 0.3) is 10.9 Å². The summed E-state index contributed by atoms with van der Waals surface area (Å²) in [7, 11) is 0. The molecule has 0 spiro atoms. The van der Waals surface area contributed by atoms with Crippen molar-refractivity contribution in [3.63, 3.8) is 0 Å². The third-order valence-corrected chi connectivity index (χ3v) is 5.68. The molecule has 2 aromatic rings. The van der Waals surface area contributed by atoms with Crippen molar-refractivity contribution in [3.05, 3.63) is 35.5 Å². The Labute approximate surface area is 147 Å². The van der Waals surface area contributed by atoms with Crippen LogP contribution in [0.1, 0.15) is 36.8 Å². The molecule has 3 rings (SSSR count). The number of nitriles is 1. The average molecular weight is 341 g/mol. The normalized spacial score (nSPS) is 15.6. The Hall–Kier alpha value is -1.93. The van der Waals surface area contributed by atoms with Gasteiger partial charge in [0.2, 0.25) is 5.91 Å². The molecule has 5 heteroatoms. The minimum Gasteiger partial charge on any atom is -0.361 e. The van der Waals surface area contributed by atoms with E-state index in [0.717, 1.165) is 32.4 Å². The van der Waals surface area contributed by atoms with Gasteiger partial charge in [-0.25, -0.2) is 0 Å². The van der Waals surface area contributed by atoms with Gasteiger partial charge in [-0.05, 0) is 36.3 Å². The highest BCUT2D eigenvalue weighted by Crippen LogP contribution is 2.34. The van der Waals surface area contributed by atoms with Crippen LogP contribution >= 0.6 is 11.8 Å². The molecule has 1 fully saturated rings. The van der Waals surface area contributed by atoms with Gasteiger partial charge in [-0.1, -0.05) is 25.1 Å². The Kier molecular flexibility index (Phi) is 5.47. The molecule has 0 bridgehead atoms. The number of nitrogens with zero attached hydrogens (tertiary/aromatic N) is 2. The zero-order valence-corrected chi connectivity index (χ0v) is 14.9. The first kappa shape index (κ1) is 16.9. The van der Waals surface area contributed by atoms with Gasteiger partial charge in [0.1, 0.15) is 0 Å². The second-order valence-electron chi connectivity index (χ2n) is 6.24. The second-order valence-corrected chi connectivity index (χ2v) is 7.23. The number of fused-ring (bicyclic) bond motifs is 1. The minimum atomic E-state index is 0.167. The van der Waals surface area contributed by atoms with E-state index in [-0.39, 0.29) is 5.91 Å². The van der Waals surface area contributed by atoms with E-state index in [1.807, 2.05) is 4.90 Å². The van der Waals surface area contributed by atoms with Crippen molar-refractivity contribution in [2.24, 2.45) is 0 Å². The highest BCUT2D eigenvalue weighted by Gasteiger charge is 2.25. The fraction of sp³-hybridized carbons (Fsp3) is 0.474. The maximum atomic E-state index is 12.2. The number of hydrogen-bond donors (Lipinski definition) is 1. The number of aryl methyl sites for hydroxylation is 1. The summed E-state index contributed by atoms with van der Waals surface area (Å²) in [6.45, 7) is 3.82. The molecule has 0 atom stereocenters. The molecule has 0 aliphatic carbocycles. The zero-order valence-electron chi connectivity index (χ0n) is 14.0. The molecular weight excluding hydrogens is 318 g/mol. The third-order valence-electron chi connectivity index (χ3n) is 4.89. The van der Waals surface area contributed by atoms with Crippen molar-refractivity contribution in [2.45, 2.75) is 32.1 Å². The summed E-state index contributed by atoms with van der Waals surface area (Å²) in [6.07, 6.45) is 5.22. The van der Waals surface area contributed by atoms with Gasteiger partial charge in [-0.2, -0.15) is 5.26 Å². The summed E-state index contributed by atoms with van der Waals surface area (Å²) < 4.78 is 0. The van der Waals surface area contributed by atoms with Crippen molar-refractivity contribution in [3.8, 4) is 6.07 Å². The Morgan fingerprint density at radius 2 is 2.21 bits per heavy atom. The van der Waals surface area contributed by atoms with Gasteiger partial charge in [0, 0.05) is 30.2 Å². The lowest BCUT2D eigenvalue weighted by Gasteiger charge is -2.32. The summed E-state index contributed by atoms with van der Waals surface area (Å²) in [5.41, 5.74) is 4.02. The number of piperidine rings is 1. The minimum absolute atomic E-state index is 0.167. The van der Waals surface area contributed by atoms with E-state index in [9.17, 15) is 4.79 Å². The number of para-hydroxylation sites is 1. The molecule has 4 nitrogen and oxygen atoms in total. The van der Waals surface area contributed by atoms with Crippen LogP contribution in [0.4, 0.5) is 0 Å². The Bertz CT molecular complexity index is 754. The van der Waals surface area contributed by atoms with Crippen molar-refractivity contribution in [1.82, 2.24) is 9.88 Å². The fourth-order valence-electron chi connectivity index (χ4n) is 3.59. The van der Waals surface area contributed by atoms with E-state index in [0.29, 0.717) is 17.4 Å². The number of aromatic amines is 1. The van der Waals surface area contributed by atoms with Crippen molar-refractivity contribution in [2.75, 3.05) is 24.6 Å². The molecule has 1 amide bonds. The SMILES string of the molecule is CCc1cccc2c(C3CCN(C(=O)CSCC#N)CC3)c[nH]c12. The summed E-state index contributed by atoms with van der Waals surface area (Å²) in [5.74, 6) is 1.49. The van der Waals surface area contributed by atoms with E-state index in [2.05, 4.69) is 42.4 Å². The third kappa shape index (κ3) is 3.44. The Balaban J connectivity index is 1.65. The summed E-state index contributed by atoms with van der Waals surface area (Å²) in [6, 6.07) is 8.60. The number of carbonyl (C=O) groups is 1. The molecular formula is C19H23N3OS. The lowest BCUT2D eigenvalue weighted by Crippen LogP contribution is -2.38. The van der Waals surface area contributed by atoms with E-state index in [1.54, 1.807) is 0 Å². The van der Waals surface area contributed by atoms with Gasteiger partial charge in [0.05, 0.1) is 17.6 Å². The molecule has 1 aromatic heterocycles. The smallest absolute Gasteiger partial charge is 0.232 e. The van der Waals surface area contributed by atoms with Gasteiger partial charge >= 0.3 is 0 Å². The molecule has 1 aromatic carbocycles. The maximum absolute atomic E-state index is 12.2. The van der Waals surface area contributed by atoms with Gasteiger partial charge in [0.25, 0.3) is 0 Å². The first-order chi connectivity index (χ1) is 11.7. The van der Waals surface area contributed by atoms with Crippen molar-refractivity contribution in [1.29, 1.82) is 5.26 Å². The maximum Gasteiger partial charge on any atom is 0.232 e. The molecule has 1 aliphatic rings. The van der Waals surface area contributed by atoms with Gasteiger partial charge < -0.3 is 9.88 Å². The van der Waals surface area contributed by atoms with Crippen LogP contribution in [0, 0.1) is 11.3 Å². The number of H-pyrrole nitrogens is 1. The monoisotopic (exact) mass is 341 g/mol. The van der Waals surface area contributed by atoms with Crippen LogP contribution in [0.5, 0.6) is 0 Å². The Morgan fingerprint density at radius 3 is 2.92 bits per heavy atom. The fourth-order valence-corrected chi connectivity index (χ4v) is 4.14. The largest absolute Gasteiger partial charge is 0.361 e. The van der Waals surface area contributed by atoms with Crippen LogP contribution < -0.4 is 0 Å². The number of nitrogens with one attached hydrogen (secondary N) is 1. The van der Waals surface area contributed by atoms with Gasteiger partial charge in [0.15, 0.2) is 0 Å². The first-order valence-electron chi connectivity index (χ1n) is 8.56. The average Bonchev–Trinajstić information content (AvgIpc) is 3.06. The van der Waals surface area contributed by atoms with E-state index in [4.69, 9.17) is 5.26 Å². The number of amides is 1. The number of carbonyl (C=O) groups excluding carboxylic acids is 1. The zero-order chi connectivity index (χ0) is 16.9. The van der Waals surface area contributed by atoms with Crippen LogP contribution in [-0.2, 0) is 11.2 Å². The topological polar surface area (TPSA) is 59.9 Å². The van der Waals surface area contributed by atoms with Gasteiger partial charge in [-0.15, -0.1) is 11.8 Å². The molecule has 0 radical (unpaired) electrons. The molecule has 2 heterocycles. The van der Waals surface area contributed by atoms with E-state index in [1.165, 1.54) is 33.8 Å². The summed E-state index contributed by atoms with van der Waals surface area (Å²) in [5, 5.41) is 9.89. The predicted molar refractivity (Wildman–Crippen MR) is 99.2 cm³/mol. The molecule has 0 unspecified atom stereocenters. The molecule has 126 valence electrons. The van der Waals surface area contributed by atoms with Crippen molar-refractivity contribution >= 4 is 28.6 Å². The number of aromatic nitrogens is 1. The highest BCUT2D eigenvalue weighted by molar-refractivity contribution is 8.00. The van der Waals surface area contributed by atoms with E-state index >= 15 is 0 Å². The molecule has 0 saturated carbocycles. The highest BCUT2D eigenvalue weighted by atomic mass is 32.2. The standard InChI is InChI=1S/C19H23N3OS/c1-2-14-4-3-5-16-17(12-21-19(14)16)15-6-9-22(10-7-15)18(23)13-24-11-8-20/h3-5,12,15,21H,2,6-7,9-11,13H2,1H3. The quantitative estimate of drug-likeness (QED) is 0.844. The van der Waals surface area contributed by atoms with Crippen LogP contribution in [0.15, 0.2) is 24.4 Å². The lowest BCUT2D eigenvalue weighted by molar-refractivity contribution is -0.129. The van der Waals surface area contributed by atoms with Gasteiger partial charge in [-0.3, -0.25) is 4.79 Å². The van der Waals surface area contributed by atoms with Crippen molar-refractivity contribution < 1.29 is 4.79 Å². The number of thioether (sulfide) groups is 1. The summed E-state index contributed by atoms with van der Waals surface area (Å²) in [4.78, 5) is 17.6. The molecule has 1 N–H and O–H groups in total. The first-order valence-corrected chi connectivity index (χ1v) is 9.71. The van der Waals surface area contributed by atoms with Crippen LogP contribution in [0.2, 0.25) is 0 Å². The number of likely N-dealkylation sites (tertiary alicyclic amines) is 1. The second kappa shape index (κ2) is 7.76. The van der Waals surface area contributed by atoms with Crippen LogP contribution in [-0.4, -0.2) is 40.4 Å². The van der Waals surface area contributed by atoms with Crippen LogP contribution in [0.3, 0.4) is 0 Å².